The van der Waals surface area contributed by atoms with Crippen LogP contribution in [0.4, 0.5) is 5.69 Å². The van der Waals surface area contributed by atoms with Gasteiger partial charge in [-0.1, -0.05) is 6.07 Å². The minimum Gasteiger partial charge on any atom is -0.490 e. The number of carbonyl (C=O) groups excluding carboxylic acids is 1. The molecule has 0 fully saturated rings. The fourth-order valence-corrected chi connectivity index (χ4v) is 1.80. The quantitative estimate of drug-likeness (QED) is 0.770. The molecule has 0 saturated carbocycles. The van der Waals surface area contributed by atoms with Crippen molar-refractivity contribution in [1.82, 2.24) is 0 Å². The number of benzene rings is 1. The van der Waals surface area contributed by atoms with E-state index in [1.165, 1.54) is 0 Å². The summed E-state index contributed by atoms with van der Waals surface area (Å²) in [5.41, 5.74) is 7.56. The third-order valence-electron chi connectivity index (χ3n) is 2.63. The van der Waals surface area contributed by atoms with Crippen molar-refractivity contribution in [3.63, 3.8) is 0 Å². The molecule has 0 bridgehead atoms. The summed E-state index contributed by atoms with van der Waals surface area (Å²) in [6, 6.07) is 5.34. The van der Waals surface area contributed by atoms with Crippen molar-refractivity contribution in [3.05, 3.63) is 23.8 Å². The van der Waals surface area contributed by atoms with Crippen molar-refractivity contribution in [2.24, 2.45) is 5.73 Å². The van der Waals surface area contributed by atoms with Gasteiger partial charge in [0.15, 0.2) is 0 Å². The van der Waals surface area contributed by atoms with Crippen LogP contribution in [0.15, 0.2) is 18.2 Å². The molecule has 0 aliphatic carbocycles. The number of hydrogen-bond donors (Lipinski definition) is 1. The maximum absolute atomic E-state index is 11.9. The molecular formula is C12H16N2O2. The summed E-state index contributed by atoms with van der Waals surface area (Å²) in [5.74, 6) is 0.702. The van der Waals surface area contributed by atoms with E-state index >= 15 is 0 Å². The molecule has 1 heterocycles. The Morgan fingerprint density at radius 2 is 2.31 bits per heavy atom. The third kappa shape index (κ3) is 1.88. The van der Waals surface area contributed by atoms with E-state index in [4.69, 9.17) is 10.5 Å². The summed E-state index contributed by atoms with van der Waals surface area (Å²) in [5, 5.41) is 0. The Balaban J connectivity index is 2.37. The van der Waals surface area contributed by atoms with Crippen molar-refractivity contribution in [2.45, 2.75) is 19.9 Å². The van der Waals surface area contributed by atoms with Gasteiger partial charge in [0.05, 0.1) is 18.3 Å². The first kappa shape index (κ1) is 11.0. The van der Waals surface area contributed by atoms with Crippen molar-refractivity contribution in [2.75, 3.05) is 18.1 Å². The van der Waals surface area contributed by atoms with Gasteiger partial charge in [0, 0.05) is 0 Å². The molecule has 86 valence electrons. The van der Waals surface area contributed by atoms with Crippen molar-refractivity contribution in [3.8, 4) is 5.75 Å². The SMILES string of the molecule is Cc1ccc2c(c1)OCCN2C(=O)C(C)N. The van der Waals surface area contributed by atoms with Crippen LogP contribution < -0.4 is 15.4 Å². The zero-order chi connectivity index (χ0) is 11.7. The van der Waals surface area contributed by atoms with Crippen LogP contribution in [0.1, 0.15) is 12.5 Å². The standard InChI is InChI=1S/C12H16N2O2/c1-8-3-4-10-11(7-8)16-6-5-14(10)12(15)9(2)13/h3-4,7,9H,5-6,13H2,1-2H3. The molecule has 1 aromatic rings. The van der Waals surface area contributed by atoms with E-state index in [9.17, 15) is 4.79 Å². The van der Waals surface area contributed by atoms with Gasteiger partial charge in [0.2, 0.25) is 5.91 Å². The number of carbonyl (C=O) groups is 1. The molecule has 2 N–H and O–H groups in total. The molecule has 0 spiro atoms. The van der Waals surface area contributed by atoms with Gasteiger partial charge in [-0.3, -0.25) is 4.79 Å². The second kappa shape index (κ2) is 4.14. The lowest BCUT2D eigenvalue weighted by molar-refractivity contribution is -0.119. The Bertz CT molecular complexity index is 415. The molecule has 1 aliphatic heterocycles. The van der Waals surface area contributed by atoms with Crippen LogP contribution in [0.5, 0.6) is 5.75 Å². The molecule has 1 unspecified atom stereocenters. The molecule has 4 heteroatoms. The van der Waals surface area contributed by atoms with E-state index in [1.807, 2.05) is 25.1 Å². The van der Waals surface area contributed by atoms with Crippen molar-refractivity contribution >= 4 is 11.6 Å². The van der Waals surface area contributed by atoms with Crippen LogP contribution in [-0.2, 0) is 4.79 Å². The minimum atomic E-state index is -0.479. The van der Waals surface area contributed by atoms with Gasteiger partial charge < -0.3 is 15.4 Å². The summed E-state index contributed by atoms with van der Waals surface area (Å²) in [4.78, 5) is 13.6. The van der Waals surface area contributed by atoms with E-state index in [1.54, 1.807) is 11.8 Å². The molecule has 0 aromatic heterocycles. The molecule has 0 radical (unpaired) electrons. The topological polar surface area (TPSA) is 55.6 Å². The number of rotatable bonds is 1. The lowest BCUT2D eigenvalue weighted by Crippen LogP contribution is -2.45. The lowest BCUT2D eigenvalue weighted by Gasteiger charge is -2.30. The maximum Gasteiger partial charge on any atom is 0.243 e. The highest BCUT2D eigenvalue weighted by atomic mass is 16.5. The number of nitrogens with two attached hydrogens (primary N) is 1. The first-order valence-corrected chi connectivity index (χ1v) is 5.40. The molecule has 1 aliphatic rings. The average Bonchev–Trinajstić information content (AvgIpc) is 2.26. The van der Waals surface area contributed by atoms with E-state index in [0.717, 1.165) is 17.0 Å². The van der Waals surface area contributed by atoms with Crippen LogP contribution in [0.3, 0.4) is 0 Å². The average molecular weight is 220 g/mol. The second-order valence-corrected chi connectivity index (χ2v) is 4.10. The first-order valence-electron chi connectivity index (χ1n) is 5.40. The summed E-state index contributed by atoms with van der Waals surface area (Å²) in [6.45, 7) is 4.78. The highest BCUT2D eigenvalue weighted by Gasteiger charge is 2.25. The Kier molecular flexibility index (Phi) is 2.83. The Morgan fingerprint density at radius 1 is 1.56 bits per heavy atom. The molecule has 1 amide bonds. The van der Waals surface area contributed by atoms with Gasteiger partial charge in [0.1, 0.15) is 12.4 Å². The van der Waals surface area contributed by atoms with E-state index in [0.29, 0.717) is 13.2 Å². The van der Waals surface area contributed by atoms with Gasteiger partial charge in [-0.2, -0.15) is 0 Å². The van der Waals surface area contributed by atoms with Crippen LogP contribution >= 0.6 is 0 Å². The highest BCUT2D eigenvalue weighted by Crippen LogP contribution is 2.32. The van der Waals surface area contributed by atoms with Crippen molar-refractivity contribution < 1.29 is 9.53 Å². The molecular weight excluding hydrogens is 204 g/mol. The van der Waals surface area contributed by atoms with Crippen molar-refractivity contribution in [1.29, 1.82) is 0 Å². The highest BCUT2D eigenvalue weighted by molar-refractivity contribution is 5.98. The number of ether oxygens (including phenoxy) is 1. The van der Waals surface area contributed by atoms with E-state index in [2.05, 4.69) is 0 Å². The molecule has 0 saturated heterocycles. The molecule has 4 nitrogen and oxygen atoms in total. The van der Waals surface area contributed by atoms with Gasteiger partial charge in [0.25, 0.3) is 0 Å². The van der Waals surface area contributed by atoms with Crippen LogP contribution in [0, 0.1) is 6.92 Å². The van der Waals surface area contributed by atoms with Crippen LogP contribution in [0.25, 0.3) is 0 Å². The molecule has 1 atom stereocenters. The fraction of sp³-hybridized carbons (Fsp3) is 0.417. The predicted molar refractivity (Wildman–Crippen MR) is 62.7 cm³/mol. The Morgan fingerprint density at radius 3 is 3.00 bits per heavy atom. The summed E-state index contributed by atoms with van der Waals surface area (Å²) in [7, 11) is 0. The van der Waals surface area contributed by atoms with E-state index < -0.39 is 6.04 Å². The number of hydrogen-bond acceptors (Lipinski definition) is 3. The third-order valence-corrected chi connectivity index (χ3v) is 2.63. The fourth-order valence-electron chi connectivity index (χ4n) is 1.80. The smallest absolute Gasteiger partial charge is 0.243 e. The number of nitrogens with zero attached hydrogens (tertiary/aromatic N) is 1. The Labute approximate surface area is 95.0 Å². The lowest BCUT2D eigenvalue weighted by atomic mass is 10.1. The number of amides is 1. The summed E-state index contributed by atoms with van der Waals surface area (Å²) >= 11 is 0. The largest absolute Gasteiger partial charge is 0.490 e. The maximum atomic E-state index is 11.9. The zero-order valence-electron chi connectivity index (χ0n) is 9.56. The van der Waals surface area contributed by atoms with Gasteiger partial charge in [-0.15, -0.1) is 0 Å². The second-order valence-electron chi connectivity index (χ2n) is 4.10. The number of aryl methyl sites for hydroxylation is 1. The number of fused-ring (bicyclic) bond motifs is 1. The molecule has 2 rings (SSSR count). The van der Waals surface area contributed by atoms with Crippen LogP contribution in [0.2, 0.25) is 0 Å². The molecule has 1 aromatic carbocycles. The predicted octanol–water partition coefficient (Wildman–Crippen LogP) is 1.07. The monoisotopic (exact) mass is 220 g/mol. The molecule has 16 heavy (non-hydrogen) atoms. The minimum absolute atomic E-state index is 0.0617. The van der Waals surface area contributed by atoms with E-state index in [-0.39, 0.29) is 5.91 Å². The van der Waals surface area contributed by atoms with Crippen LogP contribution in [-0.4, -0.2) is 25.1 Å². The van der Waals surface area contributed by atoms with Gasteiger partial charge in [-0.05, 0) is 31.5 Å². The van der Waals surface area contributed by atoms with Gasteiger partial charge in [-0.25, -0.2) is 0 Å². The summed E-state index contributed by atoms with van der Waals surface area (Å²) < 4.78 is 5.53. The van der Waals surface area contributed by atoms with Gasteiger partial charge >= 0.3 is 0 Å². The number of anilines is 1. The normalized spacial score (nSPS) is 16.3. The Hall–Kier alpha value is -1.55. The zero-order valence-corrected chi connectivity index (χ0v) is 9.56. The summed E-state index contributed by atoms with van der Waals surface area (Å²) in [6.07, 6.45) is 0. The first-order chi connectivity index (χ1) is 7.59.